The number of nitrogens with one attached hydrogen (secondary N) is 1. The van der Waals surface area contributed by atoms with Gasteiger partial charge in [0, 0.05) is 6.54 Å². The Labute approximate surface area is 102 Å². The van der Waals surface area contributed by atoms with Crippen molar-refractivity contribution in [3.63, 3.8) is 0 Å². The van der Waals surface area contributed by atoms with Gasteiger partial charge in [-0.05, 0) is 24.6 Å². The number of aromatic nitrogens is 2. The van der Waals surface area contributed by atoms with Crippen molar-refractivity contribution in [2.75, 3.05) is 12.1 Å². The van der Waals surface area contributed by atoms with Gasteiger partial charge in [-0.3, -0.25) is 0 Å². The molecule has 0 bridgehead atoms. The second-order valence-corrected chi connectivity index (χ2v) is 4.85. The Hall–Kier alpha value is -1.82. The van der Waals surface area contributed by atoms with Crippen LogP contribution in [-0.2, 0) is 6.54 Å². The Morgan fingerprint density at radius 1 is 1.29 bits per heavy atom. The van der Waals surface area contributed by atoms with Crippen LogP contribution in [0.5, 0.6) is 11.5 Å². The summed E-state index contributed by atoms with van der Waals surface area (Å²) in [7, 11) is 0. The minimum absolute atomic E-state index is 0.307. The van der Waals surface area contributed by atoms with E-state index >= 15 is 0 Å². The molecule has 6 heteroatoms. The molecule has 0 fully saturated rings. The summed E-state index contributed by atoms with van der Waals surface area (Å²) >= 11 is 1.54. The SMILES string of the molecule is Cc1nnc(NCc2ccc3c(c2)OCO3)s1. The van der Waals surface area contributed by atoms with Gasteiger partial charge in [0.2, 0.25) is 11.9 Å². The standard InChI is InChI=1S/C11H11N3O2S/c1-7-13-14-11(17-7)12-5-8-2-3-9-10(4-8)16-6-15-9/h2-4H,5-6H2,1H3,(H,12,14). The average Bonchev–Trinajstić information content (AvgIpc) is 2.94. The van der Waals surface area contributed by atoms with Crippen LogP contribution in [0.15, 0.2) is 18.2 Å². The van der Waals surface area contributed by atoms with Gasteiger partial charge in [0.15, 0.2) is 11.5 Å². The van der Waals surface area contributed by atoms with Crippen molar-refractivity contribution in [1.82, 2.24) is 10.2 Å². The topological polar surface area (TPSA) is 56.3 Å². The maximum atomic E-state index is 5.32. The smallest absolute Gasteiger partial charge is 0.231 e. The molecular formula is C11H11N3O2S. The summed E-state index contributed by atoms with van der Waals surface area (Å²) in [5.41, 5.74) is 1.13. The molecule has 1 aromatic heterocycles. The van der Waals surface area contributed by atoms with Crippen molar-refractivity contribution < 1.29 is 9.47 Å². The first kappa shape index (κ1) is 10.3. The van der Waals surface area contributed by atoms with Crippen LogP contribution in [0.1, 0.15) is 10.6 Å². The highest BCUT2D eigenvalue weighted by atomic mass is 32.1. The third-order valence-corrected chi connectivity index (χ3v) is 3.20. The van der Waals surface area contributed by atoms with E-state index in [1.165, 1.54) is 0 Å². The van der Waals surface area contributed by atoms with Crippen molar-refractivity contribution in [1.29, 1.82) is 0 Å². The number of hydrogen-bond acceptors (Lipinski definition) is 6. The van der Waals surface area contributed by atoms with Crippen LogP contribution in [0.3, 0.4) is 0 Å². The molecule has 3 rings (SSSR count). The first-order valence-electron chi connectivity index (χ1n) is 5.24. The summed E-state index contributed by atoms with van der Waals surface area (Å²) in [5, 5.41) is 13.0. The summed E-state index contributed by atoms with van der Waals surface area (Å²) in [6, 6.07) is 5.91. The highest BCUT2D eigenvalue weighted by Crippen LogP contribution is 2.32. The van der Waals surface area contributed by atoms with E-state index in [0.29, 0.717) is 13.3 Å². The third-order valence-electron chi connectivity index (χ3n) is 2.41. The van der Waals surface area contributed by atoms with Crippen molar-refractivity contribution in [3.05, 3.63) is 28.8 Å². The van der Waals surface area contributed by atoms with E-state index in [4.69, 9.17) is 9.47 Å². The van der Waals surface area contributed by atoms with Gasteiger partial charge in [0.05, 0.1) is 0 Å². The number of aryl methyl sites for hydroxylation is 1. The molecule has 1 aliphatic rings. The molecule has 5 nitrogen and oxygen atoms in total. The monoisotopic (exact) mass is 249 g/mol. The normalized spacial score (nSPS) is 12.8. The number of rotatable bonds is 3. The van der Waals surface area contributed by atoms with Crippen molar-refractivity contribution in [2.45, 2.75) is 13.5 Å². The fraction of sp³-hybridized carbons (Fsp3) is 0.273. The van der Waals surface area contributed by atoms with Gasteiger partial charge in [-0.1, -0.05) is 17.4 Å². The molecule has 0 unspecified atom stereocenters. The lowest BCUT2D eigenvalue weighted by Crippen LogP contribution is -1.98. The summed E-state index contributed by atoms with van der Waals surface area (Å²) in [4.78, 5) is 0. The number of nitrogens with zero attached hydrogens (tertiary/aromatic N) is 2. The highest BCUT2D eigenvalue weighted by molar-refractivity contribution is 7.15. The highest BCUT2D eigenvalue weighted by Gasteiger charge is 2.13. The molecule has 1 aromatic carbocycles. The summed E-state index contributed by atoms with van der Waals surface area (Å²) < 4.78 is 10.6. The zero-order chi connectivity index (χ0) is 11.7. The number of benzene rings is 1. The van der Waals surface area contributed by atoms with Gasteiger partial charge in [0.1, 0.15) is 5.01 Å². The Bertz CT molecular complexity index is 541. The lowest BCUT2D eigenvalue weighted by atomic mass is 10.2. The summed E-state index contributed by atoms with van der Waals surface area (Å²) in [6.45, 7) is 2.94. The molecule has 2 heterocycles. The summed E-state index contributed by atoms with van der Waals surface area (Å²) in [6.07, 6.45) is 0. The number of fused-ring (bicyclic) bond motifs is 1. The first-order valence-corrected chi connectivity index (χ1v) is 6.05. The van der Waals surface area contributed by atoms with E-state index in [1.807, 2.05) is 25.1 Å². The molecule has 0 amide bonds. The van der Waals surface area contributed by atoms with Crippen LogP contribution in [0.2, 0.25) is 0 Å². The maximum Gasteiger partial charge on any atom is 0.231 e. The predicted molar refractivity (Wildman–Crippen MR) is 64.5 cm³/mol. The predicted octanol–water partition coefficient (Wildman–Crippen LogP) is 2.19. The van der Waals surface area contributed by atoms with Gasteiger partial charge in [-0.15, -0.1) is 10.2 Å². The average molecular weight is 249 g/mol. The quantitative estimate of drug-likeness (QED) is 0.903. The van der Waals surface area contributed by atoms with Crippen LogP contribution in [0, 0.1) is 6.92 Å². The molecule has 0 atom stereocenters. The molecule has 0 aliphatic carbocycles. The molecule has 1 aliphatic heterocycles. The van der Waals surface area contributed by atoms with E-state index in [1.54, 1.807) is 11.3 Å². The molecule has 0 radical (unpaired) electrons. The fourth-order valence-corrected chi connectivity index (χ4v) is 2.18. The van der Waals surface area contributed by atoms with E-state index in [9.17, 15) is 0 Å². The van der Waals surface area contributed by atoms with Gasteiger partial charge >= 0.3 is 0 Å². The molecule has 0 saturated heterocycles. The number of hydrogen-bond donors (Lipinski definition) is 1. The largest absolute Gasteiger partial charge is 0.454 e. The third kappa shape index (κ3) is 2.16. The maximum absolute atomic E-state index is 5.32. The number of anilines is 1. The van der Waals surface area contributed by atoms with Gasteiger partial charge in [-0.2, -0.15) is 0 Å². The Balaban J connectivity index is 1.69. The fourth-order valence-electron chi connectivity index (χ4n) is 1.60. The first-order chi connectivity index (χ1) is 8.31. The Morgan fingerprint density at radius 2 is 2.18 bits per heavy atom. The molecule has 17 heavy (non-hydrogen) atoms. The van der Waals surface area contributed by atoms with E-state index in [2.05, 4.69) is 15.5 Å². The molecular weight excluding hydrogens is 238 g/mol. The van der Waals surface area contributed by atoms with Crippen LogP contribution in [0.4, 0.5) is 5.13 Å². The summed E-state index contributed by atoms with van der Waals surface area (Å²) in [5.74, 6) is 1.61. The van der Waals surface area contributed by atoms with Crippen molar-refractivity contribution in [2.24, 2.45) is 0 Å². The van der Waals surface area contributed by atoms with Crippen LogP contribution in [0.25, 0.3) is 0 Å². The molecule has 1 N–H and O–H groups in total. The molecule has 88 valence electrons. The molecule has 0 saturated carbocycles. The van der Waals surface area contributed by atoms with Gasteiger partial charge in [-0.25, -0.2) is 0 Å². The minimum atomic E-state index is 0.307. The van der Waals surface area contributed by atoms with Crippen molar-refractivity contribution >= 4 is 16.5 Å². The Morgan fingerprint density at radius 3 is 3.00 bits per heavy atom. The van der Waals surface area contributed by atoms with Crippen LogP contribution in [-0.4, -0.2) is 17.0 Å². The zero-order valence-electron chi connectivity index (χ0n) is 9.27. The van der Waals surface area contributed by atoms with E-state index < -0.39 is 0 Å². The molecule has 0 spiro atoms. The van der Waals surface area contributed by atoms with Crippen LogP contribution < -0.4 is 14.8 Å². The van der Waals surface area contributed by atoms with Crippen molar-refractivity contribution in [3.8, 4) is 11.5 Å². The number of ether oxygens (including phenoxy) is 2. The minimum Gasteiger partial charge on any atom is -0.454 e. The van der Waals surface area contributed by atoms with Gasteiger partial charge in [0.25, 0.3) is 0 Å². The zero-order valence-corrected chi connectivity index (χ0v) is 10.1. The lowest BCUT2D eigenvalue weighted by Gasteiger charge is -2.03. The van der Waals surface area contributed by atoms with Gasteiger partial charge < -0.3 is 14.8 Å². The Kier molecular flexibility index (Phi) is 2.56. The second-order valence-electron chi connectivity index (χ2n) is 3.67. The van der Waals surface area contributed by atoms with E-state index in [-0.39, 0.29) is 0 Å². The second kappa shape index (κ2) is 4.21. The van der Waals surface area contributed by atoms with E-state index in [0.717, 1.165) is 27.2 Å². The van der Waals surface area contributed by atoms with Crippen LogP contribution >= 0.6 is 11.3 Å². The lowest BCUT2D eigenvalue weighted by molar-refractivity contribution is 0.174. The molecule has 2 aromatic rings.